The third kappa shape index (κ3) is 2.67. The van der Waals surface area contributed by atoms with E-state index in [4.69, 9.17) is 14.5 Å². The zero-order valence-corrected chi connectivity index (χ0v) is 11.4. The Morgan fingerprint density at radius 2 is 2.47 bits per heavy atom. The number of hydrogen-bond donors (Lipinski definition) is 1. The van der Waals surface area contributed by atoms with E-state index >= 15 is 0 Å². The van der Waals surface area contributed by atoms with Crippen LogP contribution in [0.4, 0.5) is 5.82 Å². The monoisotopic (exact) mass is 263 g/mol. The molecular formula is C14H21N3O2. The van der Waals surface area contributed by atoms with E-state index < -0.39 is 0 Å². The second-order valence-corrected chi connectivity index (χ2v) is 5.10. The van der Waals surface area contributed by atoms with E-state index in [1.165, 1.54) is 12.8 Å². The molecule has 0 aliphatic carbocycles. The predicted molar refractivity (Wildman–Crippen MR) is 73.7 cm³/mol. The zero-order valence-electron chi connectivity index (χ0n) is 11.4. The first kappa shape index (κ1) is 12.7. The van der Waals surface area contributed by atoms with Crippen molar-refractivity contribution in [1.82, 2.24) is 10.3 Å². The summed E-state index contributed by atoms with van der Waals surface area (Å²) in [5.74, 6) is 1.80. The van der Waals surface area contributed by atoms with Crippen molar-refractivity contribution >= 4 is 5.82 Å². The largest absolute Gasteiger partial charge is 0.476 e. The topological polar surface area (TPSA) is 46.6 Å². The van der Waals surface area contributed by atoms with Crippen molar-refractivity contribution in [3.8, 4) is 5.88 Å². The Labute approximate surface area is 113 Å². The van der Waals surface area contributed by atoms with Crippen LogP contribution in [-0.4, -0.2) is 44.4 Å². The molecular weight excluding hydrogens is 242 g/mol. The predicted octanol–water partition coefficient (Wildman–Crippen LogP) is 1.18. The minimum absolute atomic E-state index is 0.444. The smallest absolute Gasteiger partial charge is 0.219 e. The van der Waals surface area contributed by atoms with Crippen LogP contribution in [0.3, 0.4) is 0 Å². The maximum absolute atomic E-state index is 5.71. The summed E-state index contributed by atoms with van der Waals surface area (Å²) in [6.45, 7) is 4.22. The first-order valence-electron chi connectivity index (χ1n) is 6.97. The van der Waals surface area contributed by atoms with Gasteiger partial charge in [0, 0.05) is 32.3 Å². The van der Waals surface area contributed by atoms with E-state index in [2.05, 4.69) is 22.3 Å². The van der Waals surface area contributed by atoms with Crippen molar-refractivity contribution in [2.75, 3.05) is 38.3 Å². The molecule has 1 fully saturated rings. The fourth-order valence-corrected chi connectivity index (χ4v) is 2.82. The fourth-order valence-electron chi connectivity index (χ4n) is 2.82. The number of pyridine rings is 1. The van der Waals surface area contributed by atoms with Crippen molar-refractivity contribution < 1.29 is 9.47 Å². The molecule has 0 spiro atoms. The van der Waals surface area contributed by atoms with Gasteiger partial charge in [0.15, 0.2) is 0 Å². The maximum atomic E-state index is 5.71. The quantitative estimate of drug-likeness (QED) is 0.887. The molecule has 1 saturated heterocycles. The first-order chi connectivity index (χ1) is 9.38. The average molecular weight is 263 g/mol. The van der Waals surface area contributed by atoms with Gasteiger partial charge in [-0.05, 0) is 25.0 Å². The van der Waals surface area contributed by atoms with Crippen molar-refractivity contribution in [2.24, 2.45) is 0 Å². The number of fused-ring (bicyclic) bond motifs is 1. The van der Waals surface area contributed by atoms with Crippen LogP contribution in [0.15, 0.2) is 12.1 Å². The molecule has 1 atom stereocenters. The first-order valence-corrected chi connectivity index (χ1v) is 6.97. The van der Waals surface area contributed by atoms with Crippen LogP contribution >= 0.6 is 0 Å². The van der Waals surface area contributed by atoms with Crippen molar-refractivity contribution in [3.63, 3.8) is 0 Å². The Morgan fingerprint density at radius 1 is 1.53 bits per heavy atom. The summed E-state index contributed by atoms with van der Waals surface area (Å²) >= 11 is 0. The highest BCUT2D eigenvalue weighted by Crippen LogP contribution is 2.28. The van der Waals surface area contributed by atoms with Crippen molar-refractivity contribution in [2.45, 2.75) is 25.4 Å². The minimum Gasteiger partial charge on any atom is -0.476 e. The lowest BCUT2D eigenvalue weighted by atomic mass is 10.2. The fraction of sp³-hybridized carbons (Fsp3) is 0.643. The lowest BCUT2D eigenvalue weighted by Gasteiger charge is -2.25. The third-order valence-electron chi connectivity index (χ3n) is 3.79. The van der Waals surface area contributed by atoms with Crippen molar-refractivity contribution in [3.05, 3.63) is 17.7 Å². The number of nitrogens with zero attached hydrogens (tertiary/aromatic N) is 2. The number of aromatic nitrogens is 1. The summed E-state index contributed by atoms with van der Waals surface area (Å²) in [7, 11) is 1.76. The molecule has 0 amide bonds. The summed E-state index contributed by atoms with van der Waals surface area (Å²) in [4.78, 5) is 7.03. The zero-order chi connectivity index (χ0) is 13.1. The van der Waals surface area contributed by atoms with Gasteiger partial charge in [-0.2, -0.15) is 4.98 Å². The second kappa shape index (κ2) is 5.75. The SMILES string of the molecule is COC[C@H]1CCCN1c1ccc2c(n1)OCCNC2. The van der Waals surface area contributed by atoms with Crippen LogP contribution in [0, 0.1) is 0 Å². The summed E-state index contributed by atoms with van der Waals surface area (Å²) in [5, 5.41) is 3.32. The number of rotatable bonds is 3. The molecule has 1 N–H and O–H groups in total. The summed E-state index contributed by atoms with van der Waals surface area (Å²) in [5.41, 5.74) is 1.14. The Hall–Kier alpha value is -1.33. The average Bonchev–Trinajstić information content (AvgIpc) is 2.76. The summed E-state index contributed by atoms with van der Waals surface area (Å²) in [6.07, 6.45) is 2.38. The van der Waals surface area contributed by atoms with E-state index in [-0.39, 0.29) is 0 Å². The lowest BCUT2D eigenvalue weighted by Crippen LogP contribution is -2.33. The molecule has 5 nitrogen and oxygen atoms in total. The summed E-state index contributed by atoms with van der Waals surface area (Å²) in [6, 6.07) is 4.67. The number of hydrogen-bond acceptors (Lipinski definition) is 5. The molecule has 3 rings (SSSR count). The highest BCUT2D eigenvalue weighted by molar-refractivity contribution is 5.46. The molecule has 2 aliphatic rings. The second-order valence-electron chi connectivity index (χ2n) is 5.10. The van der Waals surface area contributed by atoms with Gasteiger partial charge >= 0.3 is 0 Å². The van der Waals surface area contributed by atoms with Gasteiger partial charge in [0.2, 0.25) is 5.88 Å². The molecule has 0 aromatic carbocycles. The van der Waals surface area contributed by atoms with E-state index in [1.807, 2.05) is 0 Å². The van der Waals surface area contributed by atoms with Gasteiger partial charge in [0.05, 0.1) is 12.6 Å². The van der Waals surface area contributed by atoms with Crippen molar-refractivity contribution in [1.29, 1.82) is 0 Å². The van der Waals surface area contributed by atoms with Gasteiger partial charge in [-0.3, -0.25) is 0 Å². The molecule has 0 unspecified atom stereocenters. The third-order valence-corrected chi connectivity index (χ3v) is 3.79. The van der Waals surface area contributed by atoms with E-state index in [1.54, 1.807) is 7.11 Å². The molecule has 0 bridgehead atoms. The molecule has 2 aliphatic heterocycles. The Kier molecular flexibility index (Phi) is 3.84. The van der Waals surface area contributed by atoms with Gasteiger partial charge in [0.1, 0.15) is 12.4 Å². The molecule has 1 aromatic heterocycles. The number of anilines is 1. The standard InChI is InChI=1S/C14H21N3O2/c1-18-10-12-3-2-7-17(12)13-5-4-11-9-15-6-8-19-14(11)16-13/h4-5,12,15H,2-3,6-10H2,1H3/t12-/m1/s1. The lowest BCUT2D eigenvalue weighted by molar-refractivity contribution is 0.180. The van der Waals surface area contributed by atoms with E-state index in [0.29, 0.717) is 12.6 Å². The highest BCUT2D eigenvalue weighted by atomic mass is 16.5. The molecule has 0 radical (unpaired) electrons. The normalized spacial score (nSPS) is 22.8. The summed E-state index contributed by atoms with van der Waals surface area (Å²) < 4.78 is 11.0. The Morgan fingerprint density at radius 3 is 3.37 bits per heavy atom. The number of nitrogens with one attached hydrogen (secondary N) is 1. The van der Waals surface area contributed by atoms with Gasteiger partial charge < -0.3 is 19.7 Å². The molecule has 3 heterocycles. The molecule has 104 valence electrons. The van der Waals surface area contributed by atoms with Gasteiger partial charge in [-0.15, -0.1) is 0 Å². The van der Waals surface area contributed by atoms with Crippen LogP contribution in [0.2, 0.25) is 0 Å². The highest BCUT2D eigenvalue weighted by Gasteiger charge is 2.26. The van der Waals surface area contributed by atoms with Crippen LogP contribution in [0.5, 0.6) is 5.88 Å². The van der Waals surface area contributed by atoms with Gasteiger partial charge in [-0.25, -0.2) is 0 Å². The number of methoxy groups -OCH3 is 1. The number of ether oxygens (including phenoxy) is 2. The van der Waals surface area contributed by atoms with Crippen LogP contribution in [0.1, 0.15) is 18.4 Å². The van der Waals surface area contributed by atoms with Crippen LogP contribution < -0.4 is 15.0 Å². The van der Waals surface area contributed by atoms with Crippen LogP contribution in [0.25, 0.3) is 0 Å². The van der Waals surface area contributed by atoms with Gasteiger partial charge in [-0.1, -0.05) is 0 Å². The van der Waals surface area contributed by atoms with E-state index in [9.17, 15) is 0 Å². The molecule has 0 saturated carbocycles. The molecule has 5 heteroatoms. The molecule has 19 heavy (non-hydrogen) atoms. The maximum Gasteiger partial charge on any atom is 0.219 e. The van der Waals surface area contributed by atoms with E-state index in [0.717, 1.165) is 43.5 Å². The van der Waals surface area contributed by atoms with Gasteiger partial charge in [0.25, 0.3) is 0 Å². The minimum atomic E-state index is 0.444. The van der Waals surface area contributed by atoms with Crippen LogP contribution in [-0.2, 0) is 11.3 Å². The Bertz CT molecular complexity index is 439. The molecule has 1 aromatic rings. The Balaban J connectivity index is 1.82.